The van der Waals surface area contributed by atoms with Crippen LogP contribution in [0.1, 0.15) is 16.7 Å². The summed E-state index contributed by atoms with van der Waals surface area (Å²) < 4.78 is 6.56. The van der Waals surface area contributed by atoms with E-state index < -0.39 is 0 Å². The number of amides is 1. The molecule has 0 bridgehead atoms. The fourth-order valence-electron chi connectivity index (χ4n) is 2.29. The summed E-state index contributed by atoms with van der Waals surface area (Å²) in [6.07, 6.45) is 0. The van der Waals surface area contributed by atoms with Crippen LogP contribution in [0.15, 0.2) is 30.3 Å². The molecule has 4 nitrogen and oxygen atoms in total. The van der Waals surface area contributed by atoms with E-state index >= 15 is 0 Å². The average molecular weight is 361 g/mol. The number of fused-ring (bicyclic) bond motifs is 1. The van der Waals surface area contributed by atoms with Crippen LogP contribution in [0.3, 0.4) is 0 Å². The number of halogens is 1. The first-order valence-electron chi connectivity index (χ1n) is 7.49. The third kappa shape index (κ3) is 3.52. The number of aryl methyl sites for hydroxylation is 3. The maximum absolute atomic E-state index is 12.1. The Kier molecular flexibility index (Phi) is 4.73. The molecule has 1 heterocycles. The fraction of sp³-hybridized carbons (Fsp3) is 0.222. The number of nitrogens with one attached hydrogen (secondary N) is 1. The summed E-state index contributed by atoms with van der Waals surface area (Å²) in [6.45, 7) is 5.90. The number of hydrogen-bond donors (Lipinski definition) is 1. The summed E-state index contributed by atoms with van der Waals surface area (Å²) in [5, 5.41) is 4.05. The topological polar surface area (TPSA) is 51.2 Å². The van der Waals surface area contributed by atoms with Crippen LogP contribution < -0.4 is 10.1 Å². The molecule has 0 aliphatic heterocycles. The lowest BCUT2D eigenvalue weighted by Gasteiger charge is -2.07. The van der Waals surface area contributed by atoms with E-state index in [9.17, 15) is 4.79 Å². The summed E-state index contributed by atoms with van der Waals surface area (Å²) in [6, 6.07) is 9.39. The van der Waals surface area contributed by atoms with Gasteiger partial charge < -0.3 is 4.74 Å². The molecule has 0 fully saturated rings. The number of nitrogens with zero attached hydrogens (tertiary/aromatic N) is 1. The molecule has 24 heavy (non-hydrogen) atoms. The van der Waals surface area contributed by atoms with Gasteiger partial charge in [-0.25, -0.2) is 4.98 Å². The van der Waals surface area contributed by atoms with E-state index in [1.807, 2.05) is 26.8 Å². The Morgan fingerprint density at radius 1 is 1.21 bits per heavy atom. The zero-order chi connectivity index (χ0) is 17.3. The molecular weight excluding hydrogens is 344 g/mol. The van der Waals surface area contributed by atoms with Crippen LogP contribution in [0.25, 0.3) is 10.2 Å². The molecule has 1 aromatic heterocycles. The summed E-state index contributed by atoms with van der Waals surface area (Å²) in [4.78, 5) is 16.6. The van der Waals surface area contributed by atoms with Gasteiger partial charge in [0.25, 0.3) is 5.91 Å². The standard InChI is InChI=1S/C18H17ClN2O2S/c1-10-4-7-15-17(12(10)3)21-18(24-15)20-16(22)9-23-13-5-6-14(19)11(2)8-13/h4-8H,9H2,1-3H3,(H,20,21,22). The summed E-state index contributed by atoms with van der Waals surface area (Å²) in [7, 11) is 0. The SMILES string of the molecule is Cc1cc(OCC(=O)Nc2nc3c(C)c(C)ccc3s2)ccc1Cl. The fourth-order valence-corrected chi connectivity index (χ4v) is 3.35. The Hall–Kier alpha value is -2.11. The second-order valence-electron chi connectivity index (χ2n) is 5.62. The molecule has 0 atom stereocenters. The van der Waals surface area contributed by atoms with Crippen molar-refractivity contribution >= 4 is 44.2 Å². The van der Waals surface area contributed by atoms with Crippen LogP contribution in [0.4, 0.5) is 5.13 Å². The Balaban J connectivity index is 1.66. The van der Waals surface area contributed by atoms with Gasteiger partial charge in [-0.1, -0.05) is 29.0 Å². The summed E-state index contributed by atoms with van der Waals surface area (Å²) in [5.74, 6) is 0.374. The number of carbonyl (C=O) groups excluding carboxylic acids is 1. The van der Waals surface area contributed by atoms with Gasteiger partial charge in [0.15, 0.2) is 11.7 Å². The monoisotopic (exact) mass is 360 g/mol. The first-order chi connectivity index (χ1) is 11.4. The number of rotatable bonds is 4. The number of anilines is 1. The average Bonchev–Trinajstić information content (AvgIpc) is 2.95. The maximum Gasteiger partial charge on any atom is 0.264 e. The van der Waals surface area contributed by atoms with Crippen molar-refractivity contribution in [1.82, 2.24) is 4.98 Å². The molecule has 1 N–H and O–H groups in total. The van der Waals surface area contributed by atoms with Gasteiger partial charge in [0.05, 0.1) is 10.2 Å². The highest BCUT2D eigenvalue weighted by Gasteiger charge is 2.11. The first-order valence-corrected chi connectivity index (χ1v) is 8.69. The molecule has 3 rings (SSSR count). The van der Waals surface area contributed by atoms with Crippen LogP contribution >= 0.6 is 22.9 Å². The Morgan fingerprint density at radius 2 is 2.00 bits per heavy atom. The molecule has 0 spiro atoms. The normalized spacial score (nSPS) is 10.8. The minimum atomic E-state index is -0.240. The minimum Gasteiger partial charge on any atom is -0.484 e. The van der Waals surface area contributed by atoms with Crippen molar-refractivity contribution in [1.29, 1.82) is 0 Å². The minimum absolute atomic E-state index is 0.0744. The van der Waals surface area contributed by atoms with Crippen molar-refractivity contribution in [2.75, 3.05) is 11.9 Å². The predicted molar refractivity (Wildman–Crippen MR) is 99.4 cm³/mol. The van der Waals surface area contributed by atoms with Crippen molar-refractivity contribution in [3.8, 4) is 5.75 Å². The number of benzene rings is 2. The molecule has 0 aliphatic rings. The molecule has 124 valence electrons. The molecule has 0 saturated carbocycles. The van der Waals surface area contributed by atoms with E-state index in [0.717, 1.165) is 21.3 Å². The molecular formula is C18H17ClN2O2S. The van der Waals surface area contributed by atoms with Gasteiger partial charge in [0.1, 0.15) is 5.75 Å². The van der Waals surface area contributed by atoms with Crippen molar-refractivity contribution in [2.45, 2.75) is 20.8 Å². The molecule has 2 aromatic carbocycles. The van der Waals surface area contributed by atoms with E-state index in [1.165, 1.54) is 16.9 Å². The van der Waals surface area contributed by atoms with Crippen LogP contribution in [-0.4, -0.2) is 17.5 Å². The van der Waals surface area contributed by atoms with Gasteiger partial charge in [-0.2, -0.15) is 0 Å². The number of ether oxygens (including phenoxy) is 1. The smallest absolute Gasteiger partial charge is 0.264 e. The van der Waals surface area contributed by atoms with Gasteiger partial charge in [0, 0.05) is 5.02 Å². The number of thiazole rings is 1. The van der Waals surface area contributed by atoms with Gasteiger partial charge in [0.2, 0.25) is 0 Å². The third-order valence-electron chi connectivity index (χ3n) is 3.83. The number of hydrogen-bond acceptors (Lipinski definition) is 4. The summed E-state index contributed by atoms with van der Waals surface area (Å²) >= 11 is 7.43. The van der Waals surface area contributed by atoms with E-state index in [-0.39, 0.29) is 12.5 Å². The Bertz CT molecular complexity index is 921. The second kappa shape index (κ2) is 6.79. The van der Waals surface area contributed by atoms with Crippen LogP contribution in [0.2, 0.25) is 5.02 Å². The lowest BCUT2D eigenvalue weighted by Crippen LogP contribution is -2.20. The lowest BCUT2D eigenvalue weighted by molar-refractivity contribution is -0.118. The molecule has 0 unspecified atom stereocenters. The number of aromatic nitrogens is 1. The van der Waals surface area contributed by atoms with Gasteiger partial charge in [-0.15, -0.1) is 0 Å². The molecule has 0 radical (unpaired) electrons. The molecule has 0 saturated heterocycles. The highest BCUT2D eigenvalue weighted by atomic mass is 35.5. The molecule has 3 aromatic rings. The quantitative estimate of drug-likeness (QED) is 0.720. The highest BCUT2D eigenvalue weighted by Crippen LogP contribution is 2.29. The van der Waals surface area contributed by atoms with Crippen LogP contribution in [0.5, 0.6) is 5.75 Å². The van der Waals surface area contributed by atoms with Crippen molar-refractivity contribution in [2.24, 2.45) is 0 Å². The van der Waals surface area contributed by atoms with E-state index in [4.69, 9.17) is 16.3 Å². The van der Waals surface area contributed by atoms with E-state index in [0.29, 0.717) is 15.9 Å². The van der Waals surface area contributed by atoms with E-state index in [1.54, 1.807) is 18.2 Å². The zero-order valence-electron chi connectivity index (χ0n) is 13.6. The molecule has 6 heteroatoms. The Morgan fingerprint density at radius 3 is 2.75 bits per heavy atom. The van der Waals surface area contributed by atoms with Crippen molar-refractivity contribution in [3.05, 3.63) is 52.0 Å². The van der Waals surface area contributed by atoms with E-state index in [2.05, 4.69) is 16.4 Å². The molecule has 1 amide bonds. The van der Waals surface area contributed by atoms with Crippen molar-refractivity contribution < 1.29 is 9.53 Å². The van der Waals surface area contributed by atoms with Crippen LogP contribution in [0, 0.1) is 20.8 Å². The summed E-state index contributed by atoms with van der Waals surface area (Å²) in [5.41, 5.74) is 4.17. The third-order valence-corrected chi connectivity index (χ3v) is 5.19. The Labute approximate surface area is 149 Å². The van der Waals surface area contributed by atoms with Gasteiger partial charge >= 0.3 is 0 Å². The highest BCUT2D eigenvalue weighted by molar-refractivity contribution is 7.22. The zero-order valence-corrected chi connectivity index (χ0v) is 15.2. The second-order valence-corrected chi connectivity index (χ2v) is 7.06. The van der Waals surface area contributed by atoms with Crippen LogP contribution in [-0.2, 0) is 4.79 Å². The lowest BCUT2D eigenvalue weighted by atomic mass is 10.1. The first kappa shape index (κ1) is 16.7. The van der Waals surface area contributed by atoms with Crippen molar-refractivity contribution in [3.63, 3.8) is 0 Å². The van der Waals surface area contributed by atoms with Gasteiger partial charge in [-0.05, 0) is 61.7 Å². The largest absolute Gasteiger partial charge is 0.484 e. The van der Waals surface area contributed by atoms with Gasteiger partial charge in [-0.3, -0.25) is 10.1 Å². The molecule has 0 aliphatic carbocycles. The number of carbonyl (C=O) groups is 1. The predicted octanol–water partition coefficient (Wildman–Crippen LogP) is 4.89. The maximum atomic E-state index is 12.1.